The maximum Gasteiger partial charge on any atom is 0.259 e. The first kappa shape index (κ1) is 21.2. The van der Waals surface area contributed by atoms with Crippen molar-refractivity contribution in [3.8, 4) is 17.2 Å². The maximum atomic E-state index is 12.9. The molecule has 8 nitrogen and oxygen atoms in total. The molecule has 32 heavy (non-hydrogen) atoms. The number of amides is 2. The molecule has 0 atom stereocenters. The highest BCUT2D eigenvalue weighted by Crippen LogP contribution is 2.38. The van der Waals surface area contributed by atoms with Crippen LogP contribution in [0.25, 0.3) is 0 Å². The van der Waals surface area contributed by atoms with Crippen LogP contribution in [-0.4, -0.2) is 44.7 Å². The van der Waals surface area contributed by atoms with E-state index in [1.54, 1.807) is 41.6 Å². The lowest BCUT2D eigenvalue weighted by Crippen LogP contribution is -2.29. The summed E-state index contributed by atoms with van der Waals surface area (Å²) in [4.78, 5) is 31.6. The van der Waals surface area contributed by atoms with E-state index in [0.29, 0.717) is 40.6 Å². The average Bonchev–Trinajstić information content (AvgIpc) is 3.26. The van der Waals surface area contributed by atoms with Gasteiger partial charge in [0.25, 0.3) is 11.8 Å². The van der Waals surface area contributed by atoms with Crippen molar-refractivity contribution >= 4 is 23.2 Å². The normalized spacial score (nSPS) is 12.2. The summed E-state index contributed by atoms with van der Waals surface area (Å²) in [5, 5.41) is 2.89. The van der Waals surface area contributed by atoms with Gasteiger partial charge in [-0.2, -0.15) is 0 Å². The van der Waals surface area contributed by atoms with Crippen molar-refractivity contribution in [1.29, 1.82) is 0 Å². The van der Waals surface area contributed by atoms with Gasteiger partial charge >= 0.3 is 0 Å². The summed E-state index contributed by atoms with van der Waals surface area (Å²) < 4.78 is 16.0. The van der Waals surface area contributed by atoms with Gasteiger partial charge in [0.05, 0.1) is 26.9 Å². The number of pyridine rings is 1. The third-order valence-electron chi connectivity index (χ3n) is 5.32. The Morgan fingerprint density at radius 1 is 0.969 bits per heavy atom. The van der Waals surface area contributed by atoms with E-state index < -0.39 is 0 Å². The Balaban J connectivity index is 1.59. The highest BCUT2D eigenvalue weighted by molar-refractivity contribution is 6.08. The van der Waals surface area contributed by atoms with Crippen molar-refractivity contribution in [2.45, 2.75) is 6.42 Å². The van der Waals surface area contributed by atoms with Crippen molar-refractivity contribution in [1.82, 2.24) is 4.98 Å². The number of anilines is 2. The summed E-state index contributed by atoms with van der Waals surface area (Å²) in [5.74, 6) is 0.726. The molecule has 1 N–H and O–H groups in total. The Hall–Kier alpha value is -4.07. The van der Waals surface area contributed by atoms with Gasteiger partial charge in [0.15, 0.2) is 11.5 Å². The van der Waals surface area contributed by atoms with Crippen molar-refractivity contribution < 1.29 is 23.8 Å². The summed E-state index contributed by atoms with van der Waals surface area (Å²) in [6.45, 7) is 0.577. The van der Waals surface area contributed by atoms with E-state index in [9.17, 15) is 9.59 Å². The Morgan fingerprint density at radius 3 is 2.34 bits per heavy atom. The Labute approximate surface area is 185 Å². The quantitative estimate of drug-likeness (QED) is 0.639. The number of nitrogens with one attached hydrogen (secondary N) is 1. The number of carbonyl (C=O) groups excluding carboxylic acids is 2. The van der Waals surface area contributed by atoms with Crippen LogP contribution in [0.5, 0.6) is 17.2 Å². The van der Waals surface area contributed by atoms with E-state index >= 15 is 0 Å². The van der Waals surface area contributed by atoms with Gasteiger partial charge in [0, 0.05) is 35.9 Å². The molecule has 164 valence electrons. The van der Waals surface area contributed by atoms with Gasteiger partial charge in [0.1, 0.15) is 0 Å². The SMILES string of the molecule is COc1cc(C(=O)Nc2ccc3c(c2)N(C(=O)c2cccnc2)CC3)cc(OC)c1OC. The number of methoxy groups -OCH3 is 3. The van der Waals surface area contributed by atoms with Crippen LogP contribution in [0.15, 0.2) is 54.9 Å². The Bertz CT molecular complexity index is 1140. The first-order valence-corrected chi connectivity index (χ1v) is 10.0. The molecule has 0 fully saturated rings. The van der Waals surface area contributed by atoms with Crippen molar-refractivity contribution in [3.05, 3.63) is 71.5 Å². The topological polar surface area (TPSA) is 90.0 Å². The second-order valence-electron chi connectivity index (χ2n) is 7.16. The van der Waals surface area contributed by atoms with Crippen LogP contribution in [0.4, 0.5) is 11.4 Å². The number of hydrogen-bond donors (Lipinski definition) is 1. The molecule has 2 heterocycles. The predicted octanol–water partition coefficient (Wildman–Crippen LogP) is 3.56. The lowest BCUT2D eigenvalue weighted by molar-refractivity contribution is 0.0987. The number of benzene rings is 2. The molecule has 1 aliphatic heterocycles. The number of aromatic nitrogens is 1. The fourth-order valence-corrected chi connectivity index (χ4v) is 3.73. The molecule has 0 saturated heterocycles. The van der Waals surface area contributed by atoms with Gasteiger partial charge in [0.2, 0.25) is 5.75 Å². The molecule has 4 rings (SSSR count). The van der Waals surface area contributed by atoms with E-state index in [2.05, 4.69) is 10.3 Å². The van der Waals surface area contributed by atoms with Crippen LogP contribution in [0, 0.1) is 0 Å². The molecule has 0 aliphatic carbocycles. The molecule has 2 aromatic carbocycles. The molecular weight excluding hydrogens is 410 g/mol. The zero-order valence-corrected chi connectivity index (χ0v) is 18.0. The third-order valence-corrected chi connectivity index (χ3v) is 5.32. The number of nitrogens with zero attached hydrogens (tertiary/aromatic N) is 2. The number of hydrogen-bond acceptors (Lipinski definition) is 6. The van der Waals surface area contributed by atoms with E-state index in [-0.39, 0.29) is 11.8 Å². The number of carbonyl (C=O) groups is 2. The van der Waals surface area contributed by atoms with Crippen molar-refractivity contribution in [2.24, 2.45) is 0 Å². The summed E-state index contributed by atoms with van der Waals surface area (Å²) in [5.41, 5.74) is 3.28. The third kappa shape index (κ3) is 3.94. The van der Waals surface area contributed by atoms with Crippen molar-refractivity contribution in [3.63, 3.8) is 0 Å². The van der Waals surface area contributed by atoms with Gasteiger partial charge in [-0.3, -0.25) is 14.6 Å². The Morgan fingerprint density at radius 2 is 1.72 bits per heavy atom. The highest BCUT2D eigenvalue weighted by Gasteiger charge is 2.26. The van der Waals surface area contributed by atoms with Crippen LogP contribution in [0.1, 0.15) is 26.3 Å². The smallest absolute Gasteiger partial charge is 0.259 e. The van der Waals surface area contributed by atoms with Gasteiger partial charge in [-0.1, -0.05) is 6.07 Å². The molecule has 3 aromatic rings. The molecule has 2 amide bonds. The standard InChI is InChI=1S/C24H23N3O5/c1-30-20-11-17(12-21(31-2)22(20)32-3)23(28)26-18-7-6-15-8-10-27(19(15)13-18)24(29)16-5-4-9-25-14-16/h4-7,9,11-14H,8,10H2,1-3H3,(H,26,28). The molecule has 0 radical (unpaired) electrons. The minimum absolute atomic E-state index is 0.120. The molecule has 0 bridgehead atoms. The van der Waals surface area contributed by atoms with Gasteiger partial charge < -0.3 is 24.4 Å². The first-order chi connectivity index (χ1) is 15.5. The summed E-state index contributed by atoms with van der Waals surface area (Å²) in [7, 11) is 4.49. The van der Waals surface area contributed by atoms with E-state index in [1.165, 1.54) is 21.3 Å². The summed E-state index contributed by atoms with van der Waals surface area (Å²) in [6.07, 6.45) is 3.93. The number of ether oxygens (including phenoxy) is 3. The zero-order valence-electron chi connectivity index (χ0n) is 18.0. The molecule has 0 unspecified atom stereocenters. The van der Waals surface area contributed by atoms with E-state index in [1.807, 2.05) is 18.2 Å². The molecule has 0 spiro atoms. The maximum absolute atomic E-state index is 12.9. The van der Waals surface area contributed by atoms with Crippen LogP contribution in [0.2, 0.25) is 0 Å². The lowest BCUT2D eigenvalue weighted by Gasteiger charge is -2.18. The zero-order chi connectivity index (χ0) is 22.7. The Kier molecular flexibility index (Phi) is 5.93. The lowest BCUT2D eigenvalue weighted by atomic mass is 10.1. The van der Waals surface area contributed by atoms with Crippen LogP contribution >= 0.6 is 0 Å². The van der Waals surface area contributed by atoms with Gasteiger partial charge in [-0.05, 0) is 48.4 Å². The molecule has 8 heteroatoms. The monoisotopic (exact) mass is 433 g/mol. The van der Waals surface area contributed by atoms with E-state index in [4.69, 9.17) is 14.2 Å². The van der Waals surface area contributed by atoms with Crippen LogP contribution < -0.4 is 24.4 Å². The largest absolute Gasteiger partial charge is 0.493 e. The second-order valence-corrected chi connectivity index (χ2v) is 7.16. The second kappa shape index (κ2) is 8.97. The molecule has 1 aromatic heterocycles. The fourth-order valence-electron chi connectivity index (χ4n) is 3.73. The van der Waals surface area contributed by atoms with Crippen LogP contribution in [-0.2, 0) is 6.42 Å². The summed E-state index contributed by atoms with van der Waals surface area (Å²) in [6, 6.07) is 12.2. The average molecular weight is 433 g/mol. The fraction of sp³-hybridized carbons (Fsp3) is 0.208. The minimum atomic E-state index is -0.340. The molecule has 0 saturated carbocycles. The minimum Gasteiger partial charge on any atom is -0.493 e. The van der Waals surface area contributed by atoms with Crippen LogP contribution in [0.3, 0.4) is 0 Å². The first-order valence-electron chi connectivity index (χ1n) is 10.0. The number of fused-ring (bicyclic) bond motifs is 1. The van der Waals surface area contributed by atoms with Crippen molar-refractivity contribution in [2.75, 3.05) is 38.1 Å². The summed E-state index contributed by atoms with van der Waals surface area (Å²) >= 11 is 0. The molecule has 1 aliphatic rings. The van der Waals surface area contributed by atoms with Gasteiger partial charge in [-0.25, -0.2) is 0 Å². The molecular formula is C24H23N3O5. The highest BCUT2D eigenvalue weighted by atomic mass is 16.5. The van der Waals surface area contributed by atoms with E-state index in [0.717, 1.165) is 17.7 Å². The predicted molar refractivity (Wildman–Crippen MR) is 120 cm³/mol. The number of rotatable bonds is 6. The van der Waals surface area contributed by atoms with Gasteiger partial charge in [-0.15, -0.1) is 0 Å².